The van der Waals surface area contributed by atoms with E-state index in [1.807, 2.05) is 13.8 Å². The van der Waals surface area contributed by atoms with Crippen LogP contribution in [0.4, 0.5) is 0 Å². The molecule has 2 N–H and O–H groups in total. The molecule has 1 aliphatic rings. The van der Waals surface area contributed by atoms with Crippen molar-refractivity contribution in [1.29, 1.82) is 0 Å². The van der Waals surface area contributed by atoms with Gasteiger partial charge in [-0.25, -0.2) is 13.1 Å². The fourth-order valence-electron chi connectivity index (χ4n) is 2.26. The number of nitrogens with one attached hydrogen (secondary N) is 1. The molecule has 0 amide bonds. The highest BCUT2D eigenvalue weighted by Gasteiger charge is 2.40. The Hall–Kier alpha value is -1.11. The molecule has 1 aromatic carbocycles. The second kappa shape index (κ2) is 6.34. The minimum Gasteiger partial charge on any atom is -0.494 e. The Labute approximate surface area is 126 Å². The van der Waals surface area contributed by atoms with Gasteiger partial charge in [0, 0.05) is 18.6 Å². The molecule has 1 aliphatic carbocycles. The summed E-state index contributed by atoms with van der Waals surface area (Å²) >= 11 is 0. The summed E-state index contributed by atoms with van der Waals surface area (Å²) < 4.78 is 32.9. The molecule has 1 fully saturated rings. The number of aliphatic hydroxyl groups excluding tert-OH is 1. The molecular formula is C15H23NO4S. The van der Waals surface area contributed by atoms with Crippen LogP contribution >= 0.6 is 0 Å². The molecule has 5 nitrogen and oxygen atoms in total. The smallest absolute Gasteiger partial charge is 0.241 e. The highest BCUT2D eigenvalue weighted by molar-refractivity contribution is 7.89. The Balaban J connectivity index is 2.02. The first kappa shape index (κ1) is 16.3. The van der Waals surface area contributed by atoms with E-state index in [9.17, 15) is 8.42 Å². The maximum absolute atomic E-state index is 12.4. The summed E-state index contributed by atoms with van der Waals surface area (Å²) in [6, 6.07) is 6.35. The molecule has 0 unspecified atom stereocenters. The van der Waals surface area contributed by atoms with E-state index in [1.165, 1.54) is 0 Å². The molecule has 0 aromatic heterocycles. The molecule has 1 saturated carbocycles. The average molecular weight is 313 g/mol. The van der Waals surface area contributed by atoms with E-state index in [0.29, 0.717) is 24.7 Å². The first-order chi connectivity index (χ1) is 9.85. The number of benzene rings is 1. The SMILES string of the molecule is CC(C)(NS(=O)(=O)c1ccc(OCCCO)cc1)C1CC1. The van der Waals surface area contributed by atoms with Crippen molar-refractivity contribution in [3.05, 3.63) is 24.3 Å². The van der Waals surface area contributed by atoms with Crippen LogP contribution in [0, 0.1) is 5.92 Å². The third-order valence-electron chi connectivity index (χ3n) is 3.70. The van der Waals surface area contributed by atoms with Crippen LogP contribution in [0.3, 0.4) is 0 Å². The largest absolute Gasteiger partial charge is 0.494 e. The van der Waals surface area contributed by atoms with Crippen molar-refractivity contribution in [3.8, 4) is 5.75 Å². The topological polar surface area (TPSA) is 75.6 Å². The number of hydrogen-bond acceptors (Lipinski definition) is 4. The van der Waals surface area contributed by atoms with E-state index in [1.54, 1.807) is 24.3 Å². The first-order valence-electron chi connectivity index (χ1n) is 7.23. The number of hydrogen-bond donors (Lipinski definition) is 2. The van der Waals surface area contributed by atoms with Crippen LogP contribution in [0.15, 0.2) is 29.2 Å². The van der Waals surface area contributed by atoms with Gasteiger partial charge < -0.3 is 9.84 Å². The lowest BCUT2D eigenvalue weighted by molar-refractivity contribution is 0.233. The average Bonchev–Trinajstić information content (AvgIpc) is 3.23. The van der Waals surface area contributed by atoms with E-state index in [-0.39, 0.29) is 11.5 Å². The van der Waals surface area contributed by atoms with Crippen molar-refractivity contribution >= 4 is 10.0 Å². The van der Waals surface area contributed by atoms with Gasteiger partial charge in [0.05, 0.1) is 11.5 Å². The van der Waals surface area contributed by atoms with Crippen LogP contribution in [0.2, 0.25) is 0 Å². The van der Waals surface area contributed by atoms with Gasteiger partial charge in [-0.05, 0) is 56.9 Å². The van der Waals surface area contributed by atoms with E-state index in [2.05, 4.69) is 4.72 Å². The lowest BCUT2D eigenvalue weighted by Gasteiger charge is -2.25. The zero-order chi connectivity index (χ0) is 15.5. The molecule has 21 heavy (non-hydrogen) atoms. The van der Waals surface area contributed by atoms with Gasteiger partial charge in [0.25, 0.3) is 0 Å². The maximum Gasteiger partial charge on any atom is 0.241 e. The highest BCUT2D eigenvalue weighted by atomic mass is 32.2. The van der Waals surface area contributed by atoms with E-state index in [4.69, 9.17) is 9.84 Å². The van der Waals surface area contributed by atoms with E-state index < -0.39 is 15.6 Å². The molecule has 0 atom stereocenters. The minimum absolute atomic E-state index is 0.0760. The quantitative estimate of drug-likeness (QED) is 0.719. The number of ether oxygens (including phenoxy) is 1. The lowest BCUT2D eigenvalue weighted by Crippen LogP contribution is -2.45. The van der Waals surface area contributed by atoms with Gasteiger partial charge in [-0.2, -0.15) is 0 Å². The fraction of sp³-hybridized carbons (Fsp3) is 0.600. The highest BCUT2D eigenvalue weighted by Crippen LogP contribution is 2.39. The van der Waals surface area contributed by atoms with Gasteiger partial charge in [-0.3, -0.25) is 0 Å². The van der Waals surface area contributed by atoms with Crippen molar-refractivity contribution in [1.82, 2.24) is 4.72 Å². The molecule has 0 heterocycles. The van der Waals surface area contributed by atoms with Crippen molar-refractivity contribution < 1.29 is 18.3 Å². The summed E-state index contributed by atoms with van der Waals surface area (Å²) in [5.74, 6) is 1.03. The Morgan fingerprint density at radius 2 is 1.90 bits per heavy atom. The van der Waals surface area contributed by atoms with Crippen molar-refractivity contribution in [2.75, 3.05) is 13.2 Å². The molecule has 6 heteroatoms. The molecule has 0 bridgehead atoms. The third-order valence-corrected chi connectivity index (χ3v) is 5.39. The second-order valence-electron chi connectivity index (χ2n) is 6.00. The predicted octanol–water partition coefficient (Wildman–Crippen LogP) is 1.91. The van der Waals surface area contributed by atoms with Gasteiger partial charge in [-0.15, -0.1) is 0 Å². The standard InChI is InChI=1S/C15H23NO4S/c1-15(2,12-4-5-12)16-21(18,19)14-8-6-13(7-9-14)20-11-3-10-17/h6-9,12,16-17H,3-5,10-11H2,1-2H3. The molecular weight excluding hydrogens is 290 g/mol. The van der Waals surface area contributed by atoms with Gasteiger partial charge in [0.1, 0.15) is 5.75 Å². The minimum atomic E-state index is -3.51. The monoisotopic (exact) mass is 313 g/mol. The Bertz CT molecular complexity index is 562. The van der Waals surface area contributed by atoms with Gasteiger partial charge in [0.15, 0.2) is 0 Å². The zero-order valence-electron chi connectivity index (χ0n) is 12.5. The number of sulfonamides is 1. The maximum atomic E-state index is 12.4. The third kappa shape index (κ3) is 4.43. The normalized spacial score (nSPS) is 16.0. The number of rotatable bonds is 8. The molecule has 0 radical (unpaired) electrons. The van der Waals surface area contributed by atoms with Gasteiger partial charge in [0.2, 0.25) is 10.0 Å². The summed E-state index contributed by atoms with van der Waals surface area (Å²) in [6.07, 6.45) is 2.71. The molecule has 118 valence electrons. The zero-order valence-corrected chi connectivity index (χ0v) is 13.3. The van der Waals surface area contributed by atoms with Gasteiger partial charge in [-0.1, -0.05) is 0 Å². The molecule has 0 spiro atoms. The first-order valence-corrected chi connectivity index (χ1v) is 8.71. The van der Waals surface area contributed by atoms with Crippen LogP contribution in [0.25, 0.3) is 0 Å². The summed E-state index contributed by atoms with van der Waals surface area (Å²) in [7, 11) is -3.51. The van der Waals surface area contributed by atoms with Crippen LogP contribution < -0.4 is 9.46 Å². The molecule has 0 aliphatic heterocycles. The van der Waals surface area contributed by atoms with Crippen LogP contribution in [-0.2, 0) is 10.0 Å². The Morgan fingerprint density at radius 3 is 2.43 bits per heavy atom. The van der Waals surface area contributed by atoms with Crippen LogP contribution in [-0.4, -0.2) is 32.3 Å². The number of aliphatic hydroxyl groups is 1. The van der Waals surface area contributed by atoms with E-state index >= 15 is 0 Å². The van der Waals surface area contributed by atoms with Gasteiger partial charge >= 0.3 is 0 Å². The molecule has 2 rings (SSSR count). The van der Waals surface area contributed by atoms with E-state index in [0.717, 1.165) is 12.8 Å². The summed E-state index contributed by atoms with van der Waals surface area (Å²) in [5, 5.41) is 8.69. The second-order valence-corrected chi connectivity index (χ2v) is 7.68. The lowest BCUT2D eigenvalue weighted by atomic mass is 10.0. The fourth-order valence-corrected chi connectivity index (χ4v) is 3.73. The summed E-state index contributed by atoms with van der Waals surface area (Å²) in [4.78, 5) is 0.241. The summed E-state index contributed by atoms with van der Waals surface area (Å²) in [5.41, 5.74) is -0.408. The van der Waals surface area contributed by atoms with Crippen molar-refractivity contribution in [2.24, 2.45) is 5.92 Å². The van der Waals surface area contributed by atoms with Crippen LogP contribution in [0.5, 0.6) is 5.75 Å². The Kier molecular flexibility index (Phi) is 4.91. The molecule has 0 saturated heterocycles. The van der Waals surface area contributed by atoms with Crippen molar-refractivity contribution in [2.45, 2.75) is 43.5 Å². The predicted molar refractivity (Wildman–Crippen MR) is 80.8 cm³/mol. The van der Waals surface area contributed by atoms with Crippen molar-refractivity contribution in [3.63, 3.8) is 0 Å². The summed E-state index contributed by atoms with van der Waals surface area (Å²) in [6.45, 7) is 4.34. The van der Waals surface area contributed by atoms with Crippen LogP contribution in [0.1, 0.15) is 33.1 Å². The molecule has 1 aromatic rings. The Morgan fingerprint density at radius 1 is 1.29 bits per heavy atom.